The number of hydrogen-bond donors (Lipinski definition) is 2. The van der Waals surface area contributed by atoms with Gasteiger partial charge >= 0.3 is 47.8 Å². The number of ether oxygens (including phenoxy) is 13. The molecular formula is C62H91NO23. The summed E-state index contributed by atoms with van der Waals surface area (Å²) in [6, 6.07) is -1.26. The molecule has 8 aliphatic rings. The van der Waals surface area contributed by atoms with E-state index in [1.165, 1.54) is 12.5 Å². The van der Waals surface area contributed by atoms with Crippen LogP contribution < -0.4 is 5.32 Å². The maximum atomic E-state index is 13.3. The van der Waals surface area contributed by atoms with Crippen molar-refractivity contribution in [3.05, 3.63) is 11.6 Å². The smallest absolute Gasteiger partial charge is 0.310 e. The van der Waals surface area contributed by atoms with Crippen LogP contribution in [0, 0.1) is 50.2 Å². The van der Waals surface area contributed by atoms with Crippen molar-refractivity contribution in [2.45, 2.75) is 254 Å². The van der Waals surface area contributed by atoms with Crippen molar-refractivity contribution in [1.29, 1.82) is 0 Å². The number of carboxylic acids is 1. The second-order valence-corrected chi connectivity index (χ2v) is 27.4. The maximum Gasteiger partial charge on any atom is 0.310 e. The fourth-order valence-corrected chi connectivity index (χ4v) is 17.1. The van der Waals surface area contributed by atoms with E-state index in [2.05, 4.69) is 59.9 Å². The third-order valence-electron chi connectivity index (χ3n) is 20.9. The molecule has 482 valence electrons. The van der Waals surface area contributed by atoms with Crippen molar-refractivity contribution in [3.63, 3.8) is 0 Å². The Balaban J connectivity index is 1.10. The molecule has 0 bridgehead atoms. The summed E-state index contributed by atoms with van der Waals surface area (Å²) in [7, 11) is 0. The van der Waals surface area contributed by atoms with Crippen molar-refractivity contribution in [1.82, 2.24) is 5.32 Å². The number of fused-ring (bicyclic) bond motifs is 7. The fourth-order valence-electron chi connectivity index (χ4n) is 17.1. The van der Waals surface area contributed by atoms with Gasteiger partial charge in [-0.3, -0.25) is 43.2 Å². The minimum Gasteiger partial charge on any atom is -0.481 e. The van der Waals surface area contributed by atoms with Gasteiger partial charge < -0.3 is 72.0 Å². The average molecular weight is 1220 g/mol. The Morgan fingerprint density at radius 3 is 1.64 bits per heavy atom. The summed E-state index contributed by atoms with van der Waals surface area (Å²) in [4.78, 5) is 116. The lowest BCUT2D eigenvalue weighted by Crippen LogP contribution is -2.68. The molecule has 21 atom stereocenters. The number of hydrogen-bond acceptors (Lipinski definition) is 22. The zero-order valence-electron chi connectivity index (χ0n) is 52.5. The molecule has 7 fully saturated rings. The molecule has 0 unspecified atom stereocenters. The lowest BCUT2D eigenvalue weighted by molar-refractivity contribution is -0.353. The number of amides is 1. The van der Waals surface area contributed by atoms with E-state index < -0.39 is 170 Å². The molecule has 24 nitrogen and oxygen atoms in total. The first-order chi connectivity index (χ1) is 40.1. The maximum absolute atomic E-state index is 13.3. The van der Waals surface area contributed by atoms with Gasteiger partial charge in [0.2, 0.25) is 5.91 Å². The highest BCUT2D eigenvalue weighted by Gasteiger charge is 2.70. The Morgan fingerprint density at radius 2 is 1.08 bits per heavy atom. The van der Waals surface area contributed by atoms with Gasteiger partial charge in [0, 0.05) is 55.4 Å². The Hall–Kier alpha value is -5.27. The van der Waals surface area contributed by atoms with Crippen LogP contribution in [0.1, 0.15) is 168 Å². The van der Waals surface area contributed by atoms with Gasteiger partial charge in [-0.1, -0.05) is 60.1 Å². The molecule has 8 rings (SSSR count). The zero-order chi connectivity index (χ0) is 63.4. The van der Waals surface area contributed by atoms with E-state index in [0.29, 0.717) is 19.3 Å². The minimum atomic E-state index is -1.71. The molecule has 3 heterocycles. The Morgan fingerprint density at radius 1 is 0.558 bits per heavy atom. The highest BCUT2D eigenvalue weighted by molar-refractivity contribution is 5.77. The molecule has 1 amide bonds. The van der Waals surface area contributed by atoms with Gasteiger partial charge in [-0.25, -0.2) is 0 Å². The van der Waals surface area contributed by atoms with Crippen molar-refractivity contribution in [2.24, 2.45) is 50.2 Å². The van der Waals surface area contributed by atoms with Crippen LogP contribution in [0.25, 0.3) is 0 Å². The molecule has 3 aliphatic heterocycles. The lowest BCUT2D eigenvalue weighted by atomic mass is 9.33. The third-order valence-corrected chi connectivity index (χ3v) is 20.9. The van der Waals surface area contributed by atoms with Crippen LogP contribution in [0.3, 0.4) is 0 Å². The van der Waals surface area contributed by atoms with E-state index in [9.17, 15) is 48.3 Å². The number of allylic oxidation sites excluding steroid dienone is 2. The first-order valence-corrected chi connectivity index (χ1v) is 30.3. The molecule has 2 N–H and O–H groups in total. The second kappa shape index (κ2) is 25.3. The predicted octanol–water partition coefficient (Wildman–Crippen LogP) is 6.12. The van der Waals surface area contributed by atoms with Crippen LogP contribution in [-0.2, 0) is 105 Å². The van der Waals surface area contributed by atoms with E-state index in [1.54, 1.807) is 0 Å². The Kier molecular flexibility index (Phi) is 19.6. The first kappa shape index (κ1) is 66.7. The van der Waals surface area contributed by atoms with Gasteiger partial charge in [0.15, 0.2) is 67.7 Å². The molecule has 4 saturated carbocycles. The van der Waals surface area contributed by atoms with E-state index in [0.717, 1.165) is 93.4 Å². The normalized spacial score (nSPS) is 41.2. The minimum absolute atomic E-state index is 0.0272. The van der Waals surface area contributed by atoms with Crippen LogP contribution in [0.4, 0.5) is 0 Å². The van der Waals surface area contributed by atoms with Gasteiger partial charge in [-0.2, -0.15) is 0 Å². The van der Waals surface area contributed by atoms with Crippen LogP contribution in [0.15, 0.2) is 11.6 Å². The van der Waals surface area contributed by atoms with Crippen molar-refractivity contribution in [2.75, 3.05) is 19.8 Å². The highest BCUT2D eigenvalue weighted by atomic mass is 16.8. The SMILES string of the molecule is CC(=O)N[C@H]1[C@H](O[C@H]2CC[C@]3(C)[C@H]4CC=C5[C@@H]6CC(C)(C)CC[C@]6(C(=O)O)CC[C@@]5(C)[C@]4(C)CC[C@H]3C2(C)C)O[C@H](CO[C@@H]2OC[C@H](OC(C)=O)[C@H](OC(C)=O)[C@H]2O[C@@H]2OC[C@@H](OC(C)=O)[C@H](OC(C)=O)[C@H]2OC(C)=O)[C@@H](OC(C)=O)[C@@H]1OC(C)=O. The Bertz CT molecular complexity index is 2660. The van der Waals surface area contributed by atoms with Crippen LogP contribution in [0.5, 0.6) is 0 Å². The zero-order valence-corrected chi connectivity index (χ0v) is 52.5. The Labute approximate surface area is 503 Å². The molecule has 0 radical (unpaired) electrons. The average Bonchev–Trinajstić information content (AvgIpc) is 0.680. The van der Waals surface area contributed by atoms with E-state index >= 15 is 0 Å². The largest absolute Gasteiger partial charge is 0.481 e. The summed E-state index contributed by atoms with van der Waals surface area (Å²) in [6.45, 7) is 23.8. The van der Waals surface area contributed by atoms with Crippen LogP contribution in [-0.4, -0.2) is 165 Å². The molecular weight excluding hydrogens is 1130 g/mol. The second-order valence-electron chi connectivity index (χ2n) is 27.4. The quantitative estimate of drug-likeness (QED) is 0.0760. The number of carbonyl (C=O) groups excluding carboxylic acids is 8. The summed E-state index contributed by atoms with van der Waals surface area (Å²) in [6.07, 6.45) is -8.34. The predicted molar refractivity (Wildman–Crippen MR) is 297 cm³/mol. The fraction of sp³-hybridized carbons (Fsp3) is 0.823. The molecule has 5 aliphatic carbocycles. The summed E-state index contributed by atoms with van der Waals surface area (Å²) < 4.78 is 78.9. The topological polar surface area (TPSA) is 306 Å². The van der Waals surface area contributed by atoms with Crippen molar-refractivity contribution < 1.29 is 110 Å². The highest BCUT2D eigenvalue weighted by Crippen LogP contribution is 2.76. The van der Waals surface area contributed by atoms with Gasteiger partial charge in [-0.15, -0.1) is 0 Å². The summed E-state index contributed by atoms with van der Waals surface area (Å²) in [5.74, 6) is -6.63. The first-order valence-electron chi connectivity index (χ1n) is 30.3. The number of rotatable bonds is 16. The molecule has 0 aromatic carbocycles. The number of carbonyl (C=O) groups is 9. The van der Waals surface area contributed by atoms with Gasteiger partial charge in [-0.05, 0) is 109 Å². The molecule has 86 heavy (non-hydrogen) atoms. The monoisotopic (exact) mass is 1220 g/mol. The van der Waals surface area contributed by atoms with Crippen LogP contribution >= 0.6 is 0 Å². The number of esters is 7. The lowest BCUT2D eigenvalue weighted by Gasteiger charge is -2.71. The summed E-state index contributed by atoms with van der Waals surface area (Å²) in [5.41, 5.74) is -0.452. The molecule has 0 spiro atoms. The van der Waals surface area contributed by atoms with Crippen LogP contribution in [0.2, 0.25) is 0 Å². The molecule has 0 aromatic heterocycles. The molecule has 24 heteroatoms. The van der Waals surface area contributed by atoms with E-state index in [-0.39, 0.29) is 39.4 Å². The van der Waals surface area contributed by atoms with Gasteiger partial charge in [0.25, 0.3) is 0 Å². The number of carboxylic acid groups (broad SMARTS) is 1. The molecule has 0 aromatic rings. The standard InChI is InChI=1S/C62H91NO23/c1-30(64)63-46-50(82-36(7)70)47(79-33(4)67)42(29-75-54-51(48(80-34(5)68)40(27-74-54)77-31(2)65)86-55-52(83-37(8)71)49(81-35(6)69)41(28-76-55)78-32(3)66)84-53(46)85-45-19-20-59(13)43(58(45,11)12)18-21-61(15)44(59)17-16-38-39-26-57(9,10)22-24-62(39,56(72)73)25-23-60(38,61)14/h16,39-55H,17-29H2,1-15H3,(H,63,64)(H,72,73)/t39-,40-,41+,42+,43-,44+,45-,46+,47+,48-,49-,50+,51+,52+,53-,54-,55-,59-,60+,61+,62-/m0/s1. The van der Waals surface area contributed by atoms with E-state index in [1.807, 2.05) is 0 Å². The van der Waals surface area contributed by atoms with Gasteiger partial charge in [0.05, 0.1) is 31.3 Å². The van der Waals surface area contributed by atoms with E-state index in [4.69, 9.17) is 61.6 Å². The number of aliphatic carboxylic acids is 1. The third kappa shape index (κ3) is 13.1. The number of nitrogens with one attached hydrogen (secondary N) is 1. The van der Waals surface area contributed by atoms with Crippen molar-refractivity contribution in [3.8, 4) is 0 Å². The molecule has 3 saturated heterocycles. The summed E-state index contributed by atoms with van der Waals surface area (Å²) >= 11 is 0. The summed E-state index contributed by atoms with van der Waals surface area (Å²) in [5, 5.41) is 13.8. The van der Waals surface area contributed by atoms with Gasteiger partial charge in [0.1, 0.15) is 12.1 Å². The van der Waals surface area contributed by atoms with Crippen molar-refractivity contribution >= 4 is 53.7 Å².